The highest BCUT2D eigenvalue weighted by molar-refractivity contribution is 5.95. The number of amides is 1. The van der Waals surface area contributed by atoms with E-state index in [0.717, 1.165) is 11.1 Å². The molecule has 1 heterocycles. The van der Waals surface area contributed by atoms with Crippen LogP contribution in [0.1, 0.15) is 27.0 Å². The molecule has 98 valence electrons. The van der Waals surface area contributed by atoms with Crippen LogP contribution in [0.2, 0.25) is 0 Å². The second kappa shape index (κ2) is 5.61. The molecule has 0 saturated carbocycles. The summed E-state index contributed by atoms with van der Waals surface area (Å²) in [5.41, 5.74) is 3.16. The smallest absolute Gasteiger partial charge is 0.251 e. The largest absolute Gasteiger partial charge is 0.348 e. The van der Waals surface area contributed by atoms with Crippen molar-refractivity contribution in [2.75, 3.05) is 0 Å². The molecule has 3 nitrogen and oxygen atoms in total. The SMILES string of the molecule is Cc1ccncc1CNC(=O)c1ccc(F)cc1C. The van der Waals surface area contributed by atoms with Crippen molar-refractivity contribution in [1.82, 2.24) is 10.3 Å². The van der Waals surface area contributed by atoms with Gasteiger partial charge in [-0.25, -0.2) is 4.39 Å². The van der Waals surface area contributed by atoms with Crippen molar-refractivity contribution in [2.24, 2.45) is 0 Å². The van der Waals surface area contributed by atoms with Crippen LogP contribution in [-0.2, 0) is 6.54 Å². The average molecular weight is 258 g/mol. The standard InChI is InChI=1S/C15H15FN2O/c1-10-5-6-17-8-12(10)9-18-15(19)14-4-3-13(16)7-11(14)2/h3-8H,9H2,1-2H3,(H,18,19). The molecule has 0 radical (unpaired) electrons. The van der Waals surface area contributed by atoms with E-state index in [4.69, 9.17) is 0 Å². The summed E-state index contributed by atoms with van der Waals surface area (Å²) < 4.78 is 13.0. The zero-order valence-electron chi connectivity index (χ0n) is 10.9. The predicted molar refractivity (Wildman–Crippen MR) is 71.3 cm³/mol. The van der Waals surface area contributed by atoms with Crippen molar-refractivity contribution in [3.05, 3.63) is 64.7 Å². The number of halogens is 1. The van der Waals surface area contributed by atoms with Crippen molar-refractivity contribution in [3.8, 4) is 0 Å². The first-order chi connectivity index (χ1) is 9.08. The molecule has 4 heteroatoms. The van der Waals surface area contributed by atoms with Gasteiger partial charge in [0, 0.05) is 24.5 Å². The maximum Gasteiger partial charge on any atom is 0.251 e. The number of nitrogens with one attached hydrogen (secondary N) is 1. The van der Waals surface area contributed by atoms with Crippen LogP contribution in [0.4, 0.5) is 4.39 Å². The molecular weight excluding hydrogens is 243 g/mol. The lowest BCUT2D eigenvalue weighted by Crippen LogP contribution is -2.24. The third-order valence-corrected chi connectivity index (χ3v) is 3.02. The Morgan fingerprint density at radius 1 is 1.26 bits per heavy atom. The number of hydrogen-bond donors (Lipinski definition) is 1. The Labute approximate surface area is 111 Å². The van der Waals surface area contributed by atoms with E-state index >= 15 is 0 Å². The fourth-order valence-corrected chi connectivity index (χ4v) is 1.83. The van der Waals surface area contributed by atoms with Crippen LogP contribution < -0.4 is 5.32 Å². The topological polar surface area (TPSA) is 42.0 Å². The summed E-state index contributed by atoms with van der Waals surface area (Å²) in [7, 11) is 0. The van der Waals surface area contributed by atoms with Crippen molar-refractivity contribution in [3.63, 3.8) is 0 Å². The van der Waals surface area contributed by atoms with Gasteiger partial charge in [-0.3, -0.25) is 9.78 Å². The van der Waals surface area contributed by atoms with Gasteiger partial charge in [-0.05, 0) is 54.8 Å². The molecule has 0 fully saturated rings. The van der Waals surface area contributed by atoms with Gasteiger partial charge < -0.3 is 5.32 Å². The van der Waals surface area contributed by atoms with E-state index < -0.39 is 0 Å². The Morgan fingerprint density at radius 2 is 2.05 bits per heavy atom. The number of aryl methyl sites for hydroxylation is 2. The van der Waals surface area contributed by atoms with Gasteiger partial charge >= 0.3 is 0 Å². The summed E-state index contributed by atoms with van der Waals surface area (Å²) >= 11 is 0. The van der Waals surface area contributed by atoms with Crippen LogP contribution in [0.25, 0.3) is 0 Å². The summed E-state index contributed by atoms with van der Waals surface area (Å²) in [6, 6.07) is 6.03. The maximum absolute atomic E-state index is 13.0. The Morgan fingerprint density at radius 3 is 2.74 bits per heavy atom. The lowest BCUT2D eigenvalue weighted by molar-refractivity contribution is 0.0950. The summed E-state index contributed by atoms with van der Waals surface area (Å²) in [6.07, 6.45) is 3.44. The monoisotopic (exact) mass is 258 g/mol. The maximum atomic E-state index is 13.0. The zero-order valence-corrected chi connectivity index (χ0v) is 10.9. The van der Waals surface area contributed by atoms with E-state index in [9.17, 15) is 9.18 Å². The van der Waals surface area contributed by atoms with Gasteiger partial charge in [-0.15, -0.1) is 0 Å². The molecule has 1 N–H and O–H groups in total. The van der Waals surface area contributed by atoms with E-state index in [0.29, 0.717) is 17.7 Å². The third kappa shape index (κ3) is 3.16. The van der Waals surface area contributed by atoms with Crippen LogP contribution in [0.3, 0.4) is 0 Å². The van der Waals surface area contributed by atoms with Crippen LogP contribution in [-0.4, -0.2) is 10.9 Å². The Balaban J connectivity index is 2.08. The second-order valence-electron chi connectivity index (χ2n) is 4.44. The molecule has 1 aromatic carbocycles. The molecule has 0 atom stereocenters. The van der Waals surface area contributed by atoms with E-state index in [2.05, 4.69) is 10.3 Å². The molecule has 0 aliphatic heterocycles. The van der Waals surface area contributed by atoms with Gasteiger partial charge in [0.1, 0.15) is 5.82 Å². The molecule has 0 unspecified atom stereocenters. The quantitative estimate of drug-likeness (QED) is 0.919. The van der Waals surface area contributed by atoms with Crippen LogP contribution in [0, 0.1) is 19.7 Å². The van der Waals surface area contributed by atoms with Gasteiger partial charge in [0.05, 0.1) is 0 Å². The molecule has 0 spiro atoms. The van der Waals surface area contributed by atoms with Crippen molar-refractivity contribution in [2.45, 2.75) is 20.4 Å². The number of hydrogen-bond acceptors (Lipinski definition) is 2. The highest BCUT2D eigenvalue weighted by Crippen LogP contribution is 2.11. The summed E-state index contributed by atoms with van der Waals surface area (Å²) in [4.78, 5) is 16.0. The first-order valence-electron chi connectivity index (χ1n) is 6.02. The third-order valence-electron chi connectivity index (χ3n) is 3.02. The molecule has 2 aromatic rings. The fourth-order valence-electron chi connectivity index (χ4n) is 1.83. The molecule has 2 rings (SSSR count). The number of pyridine rings is 1. The molecule has 1 amide bonds. The summed E-state index contributed by atoms with van der Waals surface area (Å²) in [6.45, 7) is 4.09. The van der Waals surface area contributed by atoms with E-state index in [-0.39, 0.29) is 11.7 Å². The summed E-state index contributed by atoms with van der Waals surface area (Å²) in [5, 5.41) is 2.81. The van der Waals surface area contributed by atoms with Crippen molar-refractivity contribution >= 4 is 5.91 Å². The molecule has 0 bridgehead atoms. The van der Waals surface area contributed by atoms with E-state index in [1.807, 2.05) is 13.0 Å². The number of benzene rings is 1. The van der Waals surface area contributed by atoms with E-state index in [1.165, 1.54) is 18.2 Å². The minimum absolute atomic E-state index is 0.208. The minimum atomic E-state index is -0.336. The second-order valence-corrected chi connectivity index (χ2v) is 4.44. The van der Waals surface area contributed by atoms with Crippen molar-refractivity contribution in [1.29, 1.82) is 0 Å². The minimum Gasteiger partial charge on any atom is -0.348 e. The van der Waals surface area contributed by atoms with E-state index in [1.54, 1.807) is 19.3 Å². The molecule has 1 aromatic heterocycles. The number of carbonyl (C=O) groups excluding carboxylic acids is 1. The molecule has 0 saturated heterocycles. The van der Waals surface area contributed by atoms with Crippen LogP contribution >= 0.6 is 0 Å². The van der Waals surface area contributed by atoms with Gasteiger partial charge in [0.25, 0.3) is 5.91 Å². The number of nitrogens with zero attached hydrogens (tertiary/aromatic N) is 1. The van der Waals surface area contributed by atoms with Gasteiger partial charge in [0.15, 0.2) is 0 Å². The van der Waals surface area contributed by atoms with Crippen LogP contribution in [0.15, 0.2) is 36.7 Å². The first-order valence-corrected chi connectivity index (χ1v) is 6.02. The number of rotatable bonds is 3. The lowest BCUT2D eigenvalue weighted by Gasteiger charge is -2.09. The Bertz CT molecular complexity index is 611. The normalized spacial score (nSPS) is 10.3. The highest BCUT2D eigenvalue weighted by Gasteiger charge is 2.09. The Hall–Kier alpha value is -2.23. The lowest BCUT2D eigenvalue weighted by atomic mass is 10.1. The van der Waals surface area contributed by atoms with Gasteiger partial charge in [0.2, 0.25) is 0 Å². The molecule has 19 heavy (non-hydrogen) atoms. The fraction of sp³-hybridized carbons (Fsp3) is 0.200. The van der Waals surface area contributed by atoms with Gasteiger partial charge in [-0.1, -0.05) is 0 Å². The number of aromatic nitrogens is 1. The first kappa shape index (κ1) is 13.2. The molecule has 0 aliphatic carbocycles. The molecular formula is C15H15FN2O. The van der Waals surface area contributed by atoms with Gasteiger partial charge in [-0.2, -0.15) is 0 Å². The predicted octanol–water partition coefficient (Wildman–Crippen LogP) is 2.77. The van der Waals surface area contributed by atoms with Crippen molar-refractivity contribution < 1.29 is 9.18 Å². The summed E-state index contributed by atoms with van der Waals surface area (Å²) in [5.74, 6) is -0.544. The molecule has 0 aliphatic rings. The average Bonchev–Trinajstić information content (AvgIpc) is 2.37. The number of carbonyl (C=O) groups is 1. The van der Waals surface area contributed by atoms with Crippen LogP contribution in [0.5, 0.6) is 0 Å². The zero-order chi connectivity index (χ0) is 13.8. The Kier molecular flexibility index (Phi) is 3.90. The highest BCUT2D eigenvalue weighted by atomic mass is 19.1.